The van der Waals surface area contributed by atoms with Gasteiger partial charge in [0.15, 0.2) is 0 Å². The van der Waals surface area contributed by atoms with E-state index in [2.05, 4.69) is 26.0 Å². The zero-order valence-corrected chi connectivity index (χ0v) is 11.9. The molecule has 0 unspecified atom stereocenters. The molecule has 0 fully saturated rings. The van der Waals surface area contributed by atoms with Gasteiger partial charge < -0.3 is 11.1 Å². The second-order valence-corrected chi connectivity index (χ2v) is 6.32. The molecule has 4 N–H and O–H groups in total. The van der Waals surface area contributed by atoms with E-state index in [1.807, 2.05) is 6.07 Å². The number of nitrogen functional groups attached to an aromatic ring is 1. The maximum atomic E-state index is 11.4. The molecule has 1 rings (SSSR count). The first-order chi connectivity index (χ1) is 7.94. The van der Waals surface area contributed by atoms with Gasteiger partial charge in [-0.1, -0.05) is 22.9 Å². The number of sulfonamides is 1. The van der Waals surface area contributed by atoms with Crippen LogP contribution in [0.3, 0.4) is 0 Å². The highest BCUT2D eigenvalue weighted by molar-refractivity contribution is 9.10. The molecule has 0 aliphatic rings. The SMILES string of the molecule is CCNS(=O)(=O)CCNc1ccc(Br)cc1N. The average Bonchev–Trinajstić information content (AvgIpc) is 2.21. The van der Waals surface area contributed by atoms with E-state index in [1.54, 1.807) is 19.1 Å². The molecule has 0 saturated heterocycles. The maximum Gasteiger partial charge on any atom is 0.213 e. The first kappa shape index (κ1) is 14.3. The third-order valence-electron chi connectivity index (χ3n) is 2.06. The van der Waals surface area contributed by atoms with Gasteiger partial charge >= 0.3 is 0 Å². The smallest absolute Gasteiger partial charge is 0.213 e. The van der Waals surface area contributed by atoms with Crippen LogP contribution in [0.25, 0.3) is 0 Å². The second-order valence-electron chi connectivity index (χ2n) is 3.48. The lowest BCUT2D eigenvalue weighted by Crippen LogP contribution is -2.29. The molecule has 5 nitrogen and oxygen atoms in total. The first-order valence-corrected chi connectivity index (χ1v) is 7.65. The van der Waals surface area contributed by atoms with E-state index in [-0.39, 0.29) is 5.75 Å². The zero-order valence-electron chi connectivity index (χ0n) is 9.53. The molecule has 0 spiro atoms. The summed E-state index contributed by atoms with van der Waals surface area (Å²) in [5.74, 6) is 0.0242. The maximum absolute atomic E-state index is 11.4. The Labute approximate surface area is 110 Å². The molecule has 0 saturated carbocycles. The highest BCUT2D eigenvalue weighted by Crippen LogP contribution is 2.22. The fourth-order valence-corrected chi connectivity index (χ4v) is 2.64. The van der Waals surface area contributed by atoms with Crippen molar-refractivity contribution in [1.82, 2.24) is 4.72 Å². The lowest BCUT2D eigenvalue weighted by molar-refractivity contribution is 0.584. The number of anilines is 2. The predicted octanol–water partition coefficient (Wildman–Crippen LogP) is 1.38. The molecule has 0 radical (unpaired) electrons. The molecule has 0 aliphatic carbocycles. The van der Waals surface area contributed by atoms with Crippen LogP contribution in [0.15, 0.2) is 22.7 Å². The molecule has 0 aromatic heterocycles. The third kappa shape index (κ3) is 4.93. The zero-order chi connectivity index (χ0) is 12.9. The van der Waals surface area contributed by atoms with E-state index in [0.29, 0.717) is 18.8 Å². The van der Waals surface area contributed by atoms with Gasteiger partial charge in [-0.25, -0.2) is 13.1 Å². The van der Waals surface area contributed by atoms with Gasteiger partial charge in [0.25, 0.3) is 0 Å². The van der Waals surface area contributed by atoms with E-state index in [1.165, 1.54) is 0 Å². The summed E-state index contributed by atoms with van der Waals surface area (Å²) in [6.07, 6.45) is 0. The molecule has 0 atom stereocenters. The number of rotatable bonds is 6. The van der Waals surface area contributed by atoms with Crippen molar-refractivity contribution < 1.29 is 8.42 Å². The van der Waals surface area contributed by atoms with Gasteiger partial charge in [0.2, 0.25) is 10.0 Å². The Hall–Kier alpha value is -0.790. The van der Waals surface area contributed by atoms with Crippen molar-refractivity contribution in [3.63, 3.8) is 0 Å². The monoisotopic (exact) mass is 321 g/mol. The van der Waals surface area contributed by atoms with Crippen molar-refractivity contribution in [2.75, 3.05) is 29.9 Å². The van der Waals surface area contributed by atoms with Crippen LogP contribution in [0.1, 0.15) is 6.92 Å². The summed E-state index contributed by atoms with van der Waals surface area (Å²) < 4.78 is 26.1. The van der Waals surface area contributed by atoms with Crippen molar-refractivity contribution >= 4 is 37.3 Å². The second kappa shape index (κ2) is 6.23. The Bertz CT molecular complexity index is 476. The molecule has 0 heterocycles. The highest BCUT2D eigenvalue weighted by atomic mass is 79.9. The highest BCUT2D eigenvalue weighted by Gasteiger charge is 2.08. The van der Waals surface area contributed by atoms with Crippen LogP contribution >= 0.6 is 15.9 Å². The van der Waals surface area contributed by atoms with E-state index in [4.69, 9.17) is 5.73 Å². The van der Waals surface area contributed by atoms with Gasteiger partial charge in [-0.05, 0) is 18.2 Å². The third-order valence-corrected chi connectivity index (χ3v) is 4.03. The fourth-order valence-electron chi connectivity index (χ4n) is 1.31. The van der Waals surface area contributed by atoms with Crippen LogP contribution in [0.2, 0.25) is 0 Å². The standard InChI is InChI=1S/C10H16BrN3O2S/c1-2-14-17(15,16)6-5-13-10-4-3-8(11)7-9(10)12/h3-4,7,13-14H,2,5-6,12H2,1H3. The summed E-state index contributed by atoms with van der Waals surface area (Å²) in [5.41, 5.74) is 7.09. The van der Waals surface area contributed by atoms with Crippen LogP contribution in [0.4, 0.5) is 11.4 Å². The van der Waals surface area contributed by atoms with Crippen molar-refractivity contribution in [1.29, 1.82) is 0 Å². The van der Waals surface area contributed by atoms with Crippen molar-refractivity contribution in [2.45, 2.75) is 6.92 Å². The van der Waals surface area contributed by atoms with Crippen LogP contribution < -0.4 is 15.8 Å². The Morgan fingerprint density at radius 1 is 1.41 bits per heavy atom. The van der Waals surface area contributed by atoms with E-state index in [0.717, 1.165) is 10.2 Å². The number of nitrogens with one attached hydrogen (secondary N) is 2. The summed E-state index contributed by atoms with van der Waals surface area (Å²) >= 11 is 3.30. The van der Waals surface area contributed by atoms with Gasteiger partial charge in [-0.3, -0.25) is 0 Å². The molecular formula is C10H16BrN3O2S. The molecular weight excluding hydrogens is 306 g/mol. The molecule has 0 bridgehead atoms. The minimum atomic E-state index is -3.19. The lowest BCUT2D eigenvalue weighted by atomic mass is 10.3. The summed E-state index contributed by atoms with van der Waals surface area (Å²) in [7, 11) is -3.19. The van der Waals surface area contributed by atoms with E-state index in [9.17, 15) is 8.42 Å². The van der Waals surface area contributed by atoms with E-state index < -0.39 is 10.0 Å². The Morgan fingerprint density at radius 2 is 2.12 bits per heavy atom. The normalized spacial score (nSPS) is 11.4. The van der Waals surface area contributed by atoms with Gasteiger partial charge in [-0.15, -0.1) is 0 Å². The number of hydrogen-bond donors (Lipinski definition) is 3. The summed E-state index contributed by atoms with van der Waals surface area (Å²) in [4.78, 5) is 0. The average molecular weight is 322 g/mol. The molecule has 1 aromatic rings. The minimum Gasteiger partial charge on any atom is -0.397 e. The summed E-state index contributed by atoms with van der Waals surface area (Å²) in [6, 6.07) is 5.41. The van der Waals surface area contributed by atoms with Crippen LogP contribution in [0, 0.1) is 0 Å². The largest absolute Gasteiger partial charge is 0.397 e. The number of nitrogens with two attached hydrogens (primary N) is 1. The van der Waals surface area contributed by atoms with E-state index >= 15 is 0 Å². The van der Waals surface area contributed by atoms with Gasteiger partial charge in [0, 0.05) is 17.6 Å². The number of hydrogen-bond acceptors (Lipinski definition) is 4. The Kier molecular flexibility index (Phi) is 5.23. The lowest BCUT2D eigenvalue weighted by Gasteiger charge is -2.10. The van der Waals surface area contributed by atoms with Gasteiger partial charge in [0.05, 0.1) is 17.1 Å². The van der Waals surface area contributed by atoms with Crippen molar-refractivity contribution in [2.24, 2.45) is 0 Å². The molecule has 0 amide bonds. The van der Waals surface area contributed by atoms with Gasteiger partial charge in [0.1, 0.15) is 0 Å². The van der Waals surface area contributed by atoms with Crippen LogP contribution in [0.5, 0.6) is 0 Å². The van der Waals surface area contributed by atoms with Crippen molar-refractivity contribution in [3.05, 3.63) is 22.7 Å². The number of benzene rings is 1. The topological polar surface area (TPSA) is 84.2 Å². The first-order valence-electron chi connectivity index (χ1n) is 5.21. The predicted molar refractivity (Wildman–Crippen MR) is 74.5 cm³/mol. The summed E-state index contributed by atoms with van der Waals surface area (Å²) in [6.45, 7) is 2.47. The van der Waals surface area contributed by atoms with Gasteiger partial charge in [-0.2, -0.15) is 0 Å². The summed E-state index contributed by atoms with van der Waals surface area (Å²) in [5, 5.41) is 2.99. The minimum absolute atomic E-state index is 0.0242. The number of halogens is 1. The molecule has 96 valence electrons. The van der Waals surface area contributed by atoms with Crippen LogP contribution in [-0.2, 0) is 10.0 Å². The Balaban J connectivity index is 2.51. The molecule has 7 heteroatoms. The molecule has 1 aromatic carbocycles. The quantitative estimate of drug-likeness (QED) is 0.691. The van der Waals surface area contributed by atoms with Crippen LogP contribution in [-0.4, -0.2) is 27.3 Å². The molecule has 0 aliphatic heterocycles. The van der Waals surface area contributed by atoms with Crippen molar-refractivity contribution in [3.8, 4) is 0 Å². The Morgan fingerprint density at radius 3 is 2.71 bits per heavy atom. The molecule has 17 heavy (non-hydrogen) atoms. The fraction of sp³-hybridized carbons (Fsp3) is 0.400.